The standard InChI is InChI=1S/C18H26N2O4S/c1-12(19-17(24)18(2,3)4)16(23)20-14-7-5-6-13(10-14)11-25-9-8-15(21)22/h5-7,10,12H,8-9,11H2,1-4H3,(H,19,24)(H,20,23)(H,21,22). The number of carboxylic acid groups (broad SMARTS) is 1. The van der Waals surface area contributed by atoms with E-state index in [1.165, 1.54) is 11.8 Å². The van der Waals surface area contributed by atoms with Crippen LogP contribution < -0.4 is 10.6 Å². The van der Waals surface area contributed by atoms with Gasteiger partial charge in [0, 0.05) is 22.6 Å². The zero-order chi connectivity index (χ0) is 19.0. The van der Waals surface area contributed by atoms with E-state index in [1.54, 1.807) is 33.8 Å². The van der Waals surface area contributed by atoms with E-state index in [2.05, 4.69) is 10.6 Å². The number of thioether (sulfide) groups is 1. The third kappa shape index (κ3) is 8.07. The third-order valence-electron chi connectivity index (χ3n) is 3.35. The average Bonchev–Trinajstić information content (AvgIpc) is 2.50. The number of rotatable bonds is 8. The summed E-state index contributed by atoms with van der Waals surface area (Å²) in [6.07, 6.45) is 0.131. The van der Waals surface area contributed by atoms with Gasteiger partial charge in [0.1, 0.15) is 6.04 Å². The molecule has 0 fully saturated rings. The Morgan fingerprint density at radius 3 is 2.52 bits per heavy atom. The molecule has 1 aromatic rings. The molecule has 0 heterocycles. The number of benzene rings is 1. The summed E-state index contributed by atoms with van der Waals surface area (Å²) in [7, 11) is 0. The highest BCUT2D eigenvalue weighted by atomic mass is 32.2. The zero-order valence-electron chi connectivity index (χ0n) is 15.1. The maximum atomic E-state index is 12.2. The second-order valence-corrected chi connectivity index (χ2v) is 7.94. The highest BCUT2D eigenvalue weighted by Crippen LogP contribution is 2.18. The van der Waals surface area contributed by atoms with Crippen molar-refractivity contribution in [3.8, 4) is 0 Å². The minimum atomic E-state index is -0.806. The van der Waals surface area contributed by atoms with Gasteiger partial charge >= 0.3 is 5.97 Å². The van der Waals surface area contributed by atoms with E-state index < -0.39 is 17.4 Å². The first-order valence-corrected chi connectivity index (χ1v) is 9.25. The van der Waals surface area contributed by atoms with E-state index in [-0.39, 0.29) is 18.2 Å². The van der Waals surface area contributed by atoms with Gasteiger partial charge in [0.15, 0.2) is 0 Å². The van der Waals surface area contributed by atoms with Crippen molar-refractivity contribution in [1.29, 1.82) is 0 Å². The van der Waals surface area contributed by atoms with Crippen LogP contribution in [0.15, 0.2) is 24.3 Å². The molecule has 0 aliphatic heterocycles. The molecule has 1 aromatic carbocycles. The number of hydrogen-bond acceptors (Lipinski definition) is 4. The van der Waals surface area contributed by atoms with E-state index in [4.69, 9.17) is 5.11 Å². The molecule has 138 valence electrons. The summed E-state index contributed by atoms with van der Waals surface area (Å²) >= 11 is 1.53. The maximum absolute atomic E-state index is 12.2. The first kappa shape index (κ1) is 21.0. The Bertz CT molecular complexity index is 626. The lowest BCUT2D eigenvalue weighted by Crippen LogP contribution is -2.46. The van der Waals surface area contributed by atoms with Gasteiger partial charge in [-0.25, -0.2) is 0 Å². The van der Waals surface area contributed by atoms with Crippen LogP contribution in [-0.2, 0) is 20.1 Å². The van der Waals surface area contributed by atoms with Crippen molar-refractivity contribution in [3.63, 3.8) is 0 Å². The van der Waals surface area contributed by atoms with Crippen LogP contribution in [0.25, 0.3) is 0 Å². The van der Waals surface area contributed by atoms with Crippen molar-refractivity contribution in [2.45, 2.75) is 45.9 Å². The Balaban J connectivity index is 2.55. The first-order chi connectivity index (χ1) is 11.6. The smallest absolute Gasteiger partial charge is 0.304 e. The van der Waals surface area contributed by atoms with Crippen molar-refractivity contribution in [3.05, 3.63) is 29.8 Å². The van der Waals surface area contributed by atoms with Crippen molar-refractivity contribution in [1.82, 2.24) is 5.32 Å². The predicted molar refractivity (Wildman–Crippen MR) is 101 cm³/mol. The maximum Gasteiger partial charge on any atom is 0.304 e. The summed E-state index contributed by atoms with van der Waals surface area (Å²) in [5.74, 6) is -0.0541. The van der Waals surface area contributed by atoms with Gasteiger partial charge in [-0.15, -0.1) is 0 Å². The van der Waals surface area contributed by atoms with E-state index in [0.29, 0.717) is 17.2 Å². The summed E-state index contributed by atoms with van der Waals surface area (Å²) in [5, 5.41) is 14.1. The number of carboxylic acids is 1. The molecule has 0 radical (unpaired) electrons. The number of anilines is 1. The minimum absolute atomic E-state index is 0.131. The van der Waals surface area contributed by atoms with E-state index in [9.17, 15) is 14.4 Å². The number of nitrogens with one attached hydrogen (secondary N) is 2. The molecule has 0 aliphatic carbocycles. The molecule has 1 unspecified atom stereocenters. The largest absolute Gasteiger partial charge is 0.481 e. The highest BCUT2D eigenvalue weighted by Gasteiger charge is 2.25. The van der Waals surface area contributed by atoms with Crippen LogP contribution in [0.2, 0.25) is 0 Å². The molecule has 3 N–H and O–H groups in total. The summed E-state index contributed by atoms with van der Waals surface area (Å²) in [4.78, 5) is 34.7. The van der Waals surface area contributed by atoms with Crippen LogP contribution in [-0.4, -0.2) is 34.7 Å². The Hall–Kier alpha value is -2.02. The Morgan fingerprint density at radius 1 is 1.24 bits per heavy atom. The topological polar surface area (TPSA) is 95.5 Å². The number of amides is 2. The fraction of sp³-hybridized carbons (Fsp3) is 0.500. The number of aliphatic carboxylic acids is 1. The molecule has 7 heteroatoms. The quantitative estimate of drug-likeness (QED) is 0.615. The minimum Gasteiger partial charge on any atom is -0.481 e. The molecule has 0 aliphatic rings. The molecule has 0 saturated heterocycles. The average molecular weight is 366 g/mol. The number of carbonyl (C=O) groups excluding carboxylic acids is 2. The molecule has 1 rings (SSSR count). The molecule has 6 nitrogen and oxygen atoms in total. The first-order valence-electron chi connectivity index (χ1n) is 8.10. The lowest BCUT2D eigenvalue weighted by molar-refractivity contribution is -0.136. The van der Waals surface area contributed by atoms with E-state index in [0.717, 1.165) is 5.56 Å². The van der Waals surface area contributed by atoms with Crippen molar-refractivity contribution in [2.24, 2.45) is 5.41 Å². The van der Waals surface area contributed by atoms with Crippen LogP contribution in [0.3, 0.4) is 0 Å². The Kier molecular flexibility index (Phi) is 7.96. The van der Waals surface area contributed by atoms with Gasteiger partial charge in [0.05, 0.1) is 6.42 Å². The van der Waals surface area contributed by atoms with Crippen molar-refractivity contribution in [2.75, 3.05) is 11.1 Å². The normalized spacial score (nSPS) is 12.3. The van der Waals surface area contributed by atoms with Crippen LogP contribution in [0.4, 0.5) is 5.69 Å². The van der Waals surface area contributed by atoms with Crippen LogP contribution in [0, 0.1) is 5.41 Å². The number of hydrogen-bond donors (Lipinski definition) is 3. The van der Waals surface area contributed by atoms with E-state index >= 15 is 0 Å². The molecule has 0 spiro atoms. The summed E-state index contributed by atoms with van der Waals surface area (Å²) in [6, 6.07) is 6.75. The van der Waals surface area contributed by atoms with Crippen molar-refractivity contribution < 1.29 is 19.5 Å². The lowest BCUT2D eigenvalue weighted by Gasteiger charge is -2.21. The highest BCUT2D eigenvalue weighted by molar-refractivity contribution is 7.98. The SMILES string of the molecule is CC(NC(=O)C(C)(C)C)C(=O)Nc1cccc(CSCCC(=O)O)c1. The fourth-order valence-electron chi connectivity index (χ4n) is 1.82. The van der Waals surface area contributed by atoms with Gasteiger partial charge in [-0.1, -0.05) is 32.9 Å². The second-order valence-electron chi connectivity index (χ2n) is 6.83. The molecule has 0 saturated carbocycles. The fourth-order valence-corrected chi connectivity index (χ4v) is 2.70. The van der Waals surface area contributed by atoms with Gasteiger partial charge in [-0.05, 0) is 24.6 Å². The molecular formula is C18H26N2O4S. The van der Waals surface area contributed by atoms with Gasteiger partial charge in [-0.2, -0.15) is 11.8 Å². The summed E-state index contributed by atoms with van der Waals surface area (Å²) < 4.78 is 0. The molecule has 2 amide bonds. The Morgan fingerprint density at radius 2 is 1.92 bits per heavy atom. The lowest BCUT2D eigenvalue weighted by atomic mass is 9.95. The van der Waals surface area contributed by atoms with Gasteiger partial charge in [-0.3, -0.25) is 14.4 Å². The van der Waals surface area contributed by atoms with E-state index in [1.807, 2.05) is 18.2 Å². The van der Waals surface area contributed by atoms with Crippen LogP contribution in [0.1, 0.15) is 39.7 Å². The second kappa shape index (κ2) is 9.46. The third-order valence-corrected chi connectivity index (χ3v) is 4.38. The van der Waals surface area contributed by atoms with Crippen LogP contribution >= 0.6 is 11.8 Å². The van der Waals surface area contributed by atoms with Crippen molar-refractivity contribution >= 4 is 35.2 Å². The molecule has 25 heavy (non-hydrogen) atoms. The molecule has 0 bridgehead atoms. The summed E-state index contributed by atoms with van der Waals surface area (Å²) in [6.45, 7) is 7.01. The number of carbonyl (C=O) groups is 3. The molecular weight excluding hydrogens is 340 g/mol. The molecule has 1 atom stereocenters. The molecule has 0 aromatic heterocycles. The van der Waals surface area contributed by atoms with Gasteiger partial charge in [0.2, 0.25) is 11.8 Å². The van der Waals surface area contributed by atoms with Crippen LogP contribution in [0.5, 0.6) is 0 Å². The Labute approximate surface area is 152 Å². The zero-order valence-corrected chi connectivity index (χ0v) is 15.9. The van der Waals surface area contributed by atoms with Gasteiger partial charge < -0.3 is 15.7 Å². The predicted octanol–water partition coefficient (Wildman–Crippen LogP) is 2.88. The monoisotopic (exact) mass is 366 g/mol. The summed E-state index contributed by atoms with van der Waals surface area (Å²) in [5.41, 5.74) is 1.10. The van der Waals surface area contributed by atoms with Gasteiger partial charge in [0.25, 0.3) is 0 Å².